The molecule has 122 valence electrons. The molecule has 4 nitrogen and oxygen atoms in total. The van der Waals surface area contributed by atoms with Crippen LogP contribution >= 0.6 is 0 Å². The van der Waals surface area contributed by atoms with Crippen LogP contribution < -0.4 is 5.73 Å². The van der Waals surface area contributed by atoms with E-state index < -0.39 is 0 Å². The van der Waals surface area contributed by atoms with E-state index in [1.54, 1.807) is 6.07 Å². The van der Waals surface area contributed by atoms with Gasteiger partial charge in [0.2, 0.25) is 0 Å². The Morgan fingerprint density at radius 1 is 1.17 bits per heavy atom. The average Bonchev–Trinajstić information content (AvgIpc) is 2.99. The van der Waals surface area contributed by atoms with Crippen LogP contribution in [0.4, 0.5) is 5.69 Å². The SMILES string of the molecule is Cc1ccc(-c2ccc(C(=O)N3C(C)CCCC3C)o2)cc1N. The Balaban J connectivity index is 1.86. The van der Waals surface area contributed by atoms with Crippen LogP contribution in [-0.2, 0) is 0 Å². The topological polar surface area (TPSA) is 59.5 Å². The molecule has 2 aromatic rings. The fourth-order valence-corrected chi connectivity index (χ4v) is 3.35. The van der Waals surface area contributed by atoms with Gasteiger partial charge in [-0.3, -0.25) is 4.79 Å². The molecule has 4 heteroatoms. The molecule has 1 saturated heterocycles. The van der Waals surface area contributed by atoms with Gasteiger partial charge in [0.05, 0.1) is 0 Å². The minimum absolute atomic E-state index is 0.0176. The van der Waals surface area contributed by atoms with Crippen LogP contribution in [0.3, 0.4) is 0 Å². The Labute approximate surface area is 137 Å². The maximum absolute atomic E-state index is 12.8. The second-order valence-electron chi connectivity index (χ2n) is 6.58. The van der Waals surface area contributed by atoms with Crippen molar-refractivity contribution in [2.75, 3.05) is 5.73 Å². The number of nitrogen functional groups attached to an aromatic ring is 1. The zero-order chi connectivity index (χ0) is 16.6. The number of carbonyl (C=O) groups excluding carboxylic acids is 1. The lowest BCUT2D eigenvalue weighted by Gasteiger charge is -2.38. The van der Waals surface area contributed by atoms with Gasteiger partial charge in [0, 0.05) is 23.3 Å². The third-order valence-electron chi connectivity index (χ3n) is 4.81. The summed E-state index contributed by atoms with van der Waals surface area (Å²) in [6.07, 6.45) is 3.29. The molecular formula is C19H24N2O2. The summed E-state index contributed by atoms with van der Waals surface area (Å²) < 4.78 is 5.83. The number of piperidine rings is 1. The number of hydrogen-bond acceptors (Lipinski definition) is 3. The lowest BCUT2D eigenvalue weighted by molar-refractivity contribution is 0.0479. The number of anilines is 1. The van der Waals surface area contributed by atoms with Gasteiger partial charge in [0.1, 0.15) is 5.76 Å². The van der Waals surface area contributed by atoms with Gasteiger partial charge in [-0.1, -0.05) is 12.1 Å². The number of likely N-dealkylation sites (tertiary alicyclic amines) is 1. The van der Waals surface area contributed by atoms with E-state index in [-0.39, 0.29) is 18.0 Å². The third kappa shape index (κ3) is 2.98. The first-order chi connectivity index (χ1) is 11.0. The molecule has 0 spiro atoms. The molecular weight excluding hydrogens is 288 g/mol. The Hall–Kier alpha value is -2.23. The van der Waals surface area contributed by atoms with E-state index in [9.17, 15) is 4.79 Å². The molecule has 0 aliphatic carbocycles. The number of benzene rings is 1. The largest absolute Gasteiger partial charge is 0.451 e. The van der Waals surface area contributed by atoms with Crippen molar-refractivity contribution in [3.8, 4) is 11.3 Å². The number of aryl methyl sites for hydroxylation is 1. The highest BCUT2D eigenvalue weighted by molar-refractivity contribution is 5.92. The summed E-state index contributed by atoms with van der Waals surface area (Å²) in [5.41, 5.74) is 8.62. The minimum Gasteiger partial charge on any atom is -0.451 e. The number of carbonyl (C=O) groups is 1. The first kappa shape index (κ1) is 15.7. The van der Waals surface area contributed by atoms with Crippen LogP contribution in [0.2, 0.25) is 0 Å². The van der Waals surface area contributed by atoms with E-state index in [2.05, 4.69) is 13.8 Å². The summed E-state index contributed by atoms with van der Waals surface area (Å²) in [5, 5.41) is 0. The first-order valence-electron chi connectivity index (χ1n) is 8.26. The predicted octanol–water partition coefficient (Wildman–Crippen LogP) is 4.24. The summed E-state index contributed by atoms with van der Waals surface area (Å²) in [7, 11) is 0. The van der Waals surface area contributed by atoms with Crippen molar-refractivity contribution >= 4 is 11.6 Å². The maximum atomic E-state index is 12.8. The molecule has 3 rings (SSSR count). The van der Waals surface area contributed by atoms with Gasteiger partial charge >= 0.3 is 0 Å². The summed E-state index contributed by atoms with van der Waals surface area (Å²) in [6.45, 7) is 6.19. The number of rotatable bonds is 2. The van der Waals surface area contributed by atoms with Gasteiger partial charge in [0.15, 0.2) is 5.76 Å². The molecule has 2 unspecified atom stereocenters. The van der Waals surface area contributed by atoms with E-state index in [0.29, 0.717) is 11.5 Å². The summed E-state index contributed by atoms with van der Waals surface area (Å²) in [5.74, 6) is 1.06. The van der Waals surface area contributed by atoms with Gasteiger partial charge in [-0.05, 0) is 63.8 Å². The van der Waals surface area contributed by atoms with Crippen molar-refractivity contribution < 1.29 is 9.21 Å². The van der Waals surface area contributed by atoms with Gasteiger partial charge < -0.3 is 15.1 Å². The van der Waals surface area contributed by atoms with Crippen molar-refractivity contribution in [2.24, 2.45) is 0 Å². The molecule has 0 saturated carbocycles. The van der Waals surface area contributed by atoms with Crippen LogP contribution in [0.5, 0.6) is 0 Å². The Kier molecular flexibility index (Phi) is 4.16. The van der Waals surface area contributed by atoms with E-state index in [1.165, 1.54) is 6.42 Å². The summed E-state index contributed by atoms with van der Waals surface area (Å²) in [6, 6.07) is 9.94. The third-order valence-corrected chi connectivity index (χ3v) is 4.81. The molecule has 1 fully saturated rings. The molecule has 1 aromatic carbocycles. The second-order valence-corrected chi connectivity index (χ2v) is 6.58. The Morgan fingerprint density at radius 2 is 1.87 bits per heavy atom. The van der Waals surface area contributed by atoms with Crippen molar-refractivity contribution in [3.63, 3.8) is 0 Å². The normalized spacial score (nSPS) is 21.4. The second kappa shape index (κ2) is 6.11. The van der Waals surface area contributed by atoms with Crippen molar-refractivity contribution in [3.05, 3.63) is 41.7 Å². The molecule has 1 aromatic heterocycles. The first-order valence-corrected chi connectivity index (χ1v) is 8.26. The molecule has 2 atom stereocenters. The standard InChI is InChI=1S/C19H24N2O2/c1-12-7-8-15(11-16(12)20)17-9-10-18(23-17)19(22)21-13(2)5-4-6-14(21)3/h7-11,13-14H,4-6,20H2,1-3H3. The van der Waals surface area contributed by atoms with Crippen LogP contribution in [0, 0.1) is 6.92 Å². The molecule has 1 aliphatic heterocycles. The molecule has 1 amide bonds. The molecule has 2 N–H and O–H groups in total. The summed E-state index contributed by atoms with van der Waals surface area (Å²) >= 11 is 0. The number of amides is 1. The fraction of sp³-hybridized carbons (Fsp3) is 0.421. The van der Waals surface area contributed by atoms with Gasteiger partial charge in [-0.25, -0.2) is 0 Å². The minimum atomic E-state index is -0.0176. The monoisotopic (exact) mass is 312 g/mol. The molecule has 1 aliphatic rings. The molecule has 23 heavy (non-hydrogen) atoms. The van der Waals surface area contributed by atoms with Crippen molar-refractivity contribution in [1.29, 1.82) is 0 Å². The number of nitrogens with zero attached hydrogens (tertiary/aromatic N) is 1. The van der Waals surface area contributed by atoms with Gasteiger partial charge in [-0.15, -0.1) is 0 Å². The lowest BCUT2D eigenvalue weighted by Crippen LogP contribution is -2.47. The van der Waals surface area contributed by atoms with Gasteiger partial charge in [0.25, 0.3) is 5.91 Å². The van der Waals surface area contributed by atoms with Crippen LogP contribution in [0.15, 0.2) is 34.7 Å². The van der Waals surface area contributed by atoms with Crippen LogP contribution in [0.25, 0.3) is 11.3 Å². The Morgan fingerprint density at radius 3 is 2.52 bits per heavy atom. The molecule has 2 heterocycles. The molecule has 0 bridgehead atoms. The number of furan rings is 1. The number of hydrogen-bond donors (Lipinski definition) is 1. The highest BCUT2D eigenvalue weighted by atomic mass is 16.4. The van der Waals surface area contributed by atoms with Crippen molar-refractivity contribution in [1.82, 2.24) is 4.90 Å². The van der Waals surface area contributed by atoms with Crippen LogP contribution in [0.1, 0.15) is 49.2 Å². The zero-order valence-corrected chi connectivity index (χ0v) is 14.0. The van der Waals surface area contributed by atoms with E-state index >= 15 is 0 Å². The zero-order valence-electron chi connectivity index (χ0n) is 14.0. The molecule has 0 radical (unpaired) electrons. The lowest BCUT2D eigenvalue weighted by atomic mass is 9.97. The smallest absolute Gasteiger partial charge is 0.290 e. The van der Waals surface area contributed by atoms with E-state index in [4.69, 9.17) is 10.2 Å². The summed E-state index contributed by atoms with van der Waals surface area (Å²) in [4.78, 5) is 14.7. The average molecular weight is 312 g/mol. The van der Waals surface area contributed by atoms with E-state index in [0.717, 1.165) is 29.7 Å². The number of nitrogens with two attached hydrogens (primary N) is 1. The highest BCUT2D eigenvalue weighted by Crippen LogP contribution is 2.29. The van der Waals surface area contributed by atoms with Crippen molar-refractivity contribution in [2.45, 2.75) is 52.1 Å². The fourth-order valence-electron chi connectivity index (χ4n) is 3.35. The Bertz CT molecular complexity index is 710. The quantitative estimate of drug-likeness (QED) is 0.844. The predicted molar refractivity (Wildman–Crippen MR) is 92.2 cm³/mol. The maximum Gasteiger partial charge on any atom is 0.290 e. The highest BCUT2D eigenvalue weighted by Gasteiger charge is 2.31. The van der Waals surface area contributed by atoms with Gasteiger partial charge in [-0.2, -0.15) is 0 Å². The van der Waals surface area contributed by atoms with Crippen LogP contribution in [-0.4, -0.2) is 22.9 Å². The van der Waals surface area contributed by atoms with E-state index in [1.807, 2.05) is 36.1 Å².